The summed E-state index contributed by atoms with van der Waals surface area (Å²) in [7, 11) is 0. The fraction of sp³-hybridized carbons (Fsp3) is 0.167. The van der Waals surface area contributed by atoms with Crippen molar-refractivity contribution in [2.75, 3.05) is 5.32 Å². The van der Waals surface area contributed by atoms with Crippen LogP contribution >= 0.6 is 0 Å². The van der Waals surface area contributed by atoms with Crippen molar-refractivity contribution in [1.29, 1.82) is 0 Å². The normalized spacial score (nSPS) is 10.3. The van der Waals surface area contributed by atoms with Crippen LogP contribution in [0.15, 0.2) is 55.1 Å². The highest BCUT2D eigenvalue weighted by atomic mass is 16.6. The van der Waals surface area contributed by atoms with E-state index in [1.54, 1.807) is 30.6 Å². The fourth-order valence-electron chi connectivity index (χ4n) is 2.32. The number of ether oxygens (including phenoxy) is 1. The molecule has 0 radical (unpaired) electrons. The van der Waals surface area contributed by atoms with Crippen molar-refractivity contribution in [1.82, 2.24) is 15.0 Å². The topological polar surface area (TPSA) is 103 Å². The predicted molar refractivity (Wildman–Crippen MR) is 96.1 cm³/mol. The third-order valence-electron chi connectivity index (χ3n) is 3.70. The molecule has 3 aromatic rings. The van der Waals surface area contributed by atoms with E-state index >= 15 is 0 Å². The Morgan fingerprint density at radius 2 is 1.96 bits per heavy atom. The zero-order valence-electron chi connectivity index (χ0n) is 14.1. The average molecular weight is 351 g/mol. The van der Waals surface area contributed by atoms with Crippen LogP contribution < -0.4 is 10.1 Å². The Hall–Kier alpha value is -3.55. The highest BCUT2D eigenvalue weighted by molar-refractivity contribution is 5.61. The van der Waals surface area contributed by atoms with Crippen molar-refractivity contribution in [3.8, 4) is 11.6 Å². The number of benzene rings is 1. The van der Waals surface area contributed by atoms with Gasteiger partial charge in [-0.15, -0.1) is 0 Å². The standard InChI is InChI=1S/C18H17N5O3/c1-2-13-5-7-15(8-6-13)26-18-16(23(24)25)17(21-12-22-18)20-11-14-4-3-9-19-10-14/h3-10,12H,2,11H2,1H3,(H,20,21,22). The number of nitrogens with zero attached hydrogens (tertiary/aromatic N) is 4. The molecule has 0 unspecified atom stereocenters. The molecule has 3 rings (SSSR count). The van der Waals surface area contributed by atoms with Gasteiger partial charge in [-0.1, -0.05) is 25.1 Å². The van der Waals surface area contributed by atoms with Gasteiger partial charge in [-0.25, -0.2) is 4.98 Å². The van der Waals surface area contributed by atoms with Crippen molar-refractivity contribution in [3.63, 3.8) is 0 Å². The second-order valence-electron chi connectivity index (χ2n) is 5.45. The third kappa shape index (κ3) is 4.10. The lowest BCUT2D eigenvalue weighted by molar-refractivity contribution is -0.385. The van der Waals surface area contributed by atoms with Crippen molar-refractivity contribution in [2.24, 2.45) is 0 Å². The van der Waals surface area contributed by atoms with Crippen LogP contribution in [0.25, 0.3) is 0 Å². The van der Waals surface area contributed by atoms with Crippen LogP contribution in [-0.2, 0) is 13.0 Å². The molecule has 0 aliphatic heterocycles. The van der Waals surface area contributed by atoms with Crippen LogP contribution in [0.4, 0.5) is 11.5 Å². The lowest BCUT2D eigenvalue weighted by Gasteiger charge is -2.09. The molecule has 1 aromatic carbocycles. The Bertz CT molecular complexity index is 885. The van der Waals surface area contributed by atoms with Crippen molar-refractivity contribution >= 4 is 11.5 Å². The maximum atomic E-state index is 11.5. The van der Waals surface area contributed by atoms with E-state index in [-0.39, 0.29) is 17.4 Å². The van der Waals surface area contributed by atoms with Gasteiger partial charge in [-0.05, 0) is 35.7 Å². The Morgan fingerprint density at radius 1 is 1.15 bits per heavy atom. The monoisotopic (exact) mass is 351 g/mol. The molecule has 0 fully saturated rings. The van der Waals surface area contributed by atoms with Crippen molar-refractivity contribution in [2.45, 2.75) is 19.9 Å². The Morgan fingerprint density at radius 3 is 2.62 bits per heavy atom. The van der Waals surface area contributed by atoms with Crippen LogP contribution in [0.2, 0.25) is 0 Å². The predicted octanol–water partition coefficient (Wildman–Crippen LogP) is 3.75. The molecule has 2 heterocycles. The number of anilines is 1. The maximum Gasteiger partial charge on any atom is 0.373 e. The molecule has 8 nitrogen and oxygen atoms in total. The van der Waals surface area contributed by atoms with E-state index in [9.17, 15) is 10.1 Å². The zero-order valence-corrected chi connectivity index (χ0v) is 14.1. The molecule has 1 N–H and O–H groups in total. The van der Waals surface area contributed by atoms with Crippen molar-refractivity contribution < 1.29 is 9.66 Å². The maximum absolute atomic E-state index is 11.5. The Balaban J connectivity index is 1.84. The quantitative estimate of drug-likeness (QED) is 0.511. The molecule has 132 valence electrons. The summed E-state index contributed by atoms with van der Waals surface area (Å²) >= 11 is 0. The number of aromatic nitrogens is 3. The molecule has 0 spiro atoms. The molecular formula is C18H17N5O3. The summed E-state index contributed by atoms with van der Waals surface area (Å²) in [4.78, 5) is 22.9. The second kappa shape index (κ2) is 8.02. The summed E-state index contributed by atoms with van der Waals surface area (Å²) in [5.74, 6) is 0.458. The van der Waals surface area contributed by atoms with Gasteiger partial charge in [-0.2, -0.15) is 4.98 Å². The first-order chi connectivity index (χ1) is 12.7. The average Bonchev–Trinajstić information content (AvgIpc) is 2.67. The summed E-state index contributed by atoms with van der Waals surface area (Å²) in [5.41, 5.74) is 1.71. The van der Waals surface area contributed by atoms with Gasteiger partial charge in [0.05, 0.1) is 4.92 Å². The first-order valence-electron chi connectivity index (χ1n) is 8.06. The summed E-state index contributed by atoms with van der Waals surface area (Å²) in [6.07, 6.45) is 5.46. The number of nitrogens with one attached hydrogen (secondary N) is 1. The number of hydrogen-bond donors (Lipinski definition) is 1. The smallest absolute Gasteiger partial charge is 0.373 e. The Kier molecular flexibility index (Phi) is 5.33. The lowest BCUT2D eigenvalue weighted by atomic mass is 10.2. The van der Waals surface area contributed by atoms with E-state index in [0.717, 1.165) is 17.5 Å². The summed E-state index contributed by atoms with van der Waals surface area (Å²) in [5, 5.41) is 14.5. The lowest BCUT2D eigenvalue weighted by Crippen LogP contribution is -2.07. The summed E-state index contributed by atoms with van der Waals surface area (Å²) in [6, 6.07) is 11.0. The number of rotatable bonds is 7. The van der Waals surface area contributed by atoms with Gasteiger partial charge in [0.15, 0.2) is 0 Å². The van der Waals surface area contributed by atoms with E-state index in [1.807, 2.05) is 25.1 Å². The summed E-state index contributed by atoms with van der Waals surface area (Å²) in [6.45, 7) is 2.39. The minimum atomic E-state index is -0.554. The van der Waals surface area contributed by atoms with E-state index in [1.165, 1.54) is 6.33 Å². The molecule has 26 heavy (non-hydrogen) atoms. The highest BCUT2D eigenvalue weighted by Gasteiger charge is 2.25. The van der Waals surface area contributed by atoms with E-state index in [2.05, 4.69) is 20.3 Å². The molecule has 0 atom stereocenters. The molecule has 8 heteroatoms. The molecule has 0 aliphatic carbocycles. The number of nitro groups is 1. The van der Waals surface area contributed by atoms with Gasteiger partial charge < -0.3 is 10.1 Å². The van der Waals surface area contributed by atoms with Gasteiger partial charge in [-0.3, -0.25) is 15.1 Å². The molecule has 0 saturated heterocycles. The van der Waals surface area contributed by atoms with E-state index in [0.29, 0.717) is 12.3 Å². The summed E-state index contributed by atoms with van der Waals surface area (Å²) < 4.78 is 5.62. The van der Waals surface area contributed by atoms with Gasteiger partial charge in [0.25, 0.3) is 0 Å². The van der Waals surface area contributed by atoms with Gasteiger partial charge >= 0.3 is 11.6 Å². The number of hydrogen-bond acceptors (Lipinski definition) is 7. The third-order valence-corrected chi connectivity index (χ3v) is 3.70. The number of pyridine rings is 1. The van der Waals surface area contributed by atoms with Crippen LogP contribution in [-0.4, -0.2) is 19.9 Å². The largest absolute Gasteiger partial charge is 0.434 e. The first kappa shape index (κ1) is 17.3. The van der Waals surface area contributed by atoms with Crippen LogP contribution in [0.3, 0.4) is 0 Å². The van der Waals surface area contributed by atoms with Crippen LogP contribution in [0, 0.1) is 10.1 Å². The SMILES string of the molecule is CCc1ccc(Oc2ncnc(NCc3cccnc3)c2[N+](=O)[O-])cc1. The fourth-order valence-corrected chi connectivity index (χ4v) is 2.32. The molecule has 0 saturated carbocycles. The van der Waals surface area contributed by atoms with Gasteiger partial charge in [0, 0.05) is 18.9 Å². The van der Waals surface area contributed by atoms with Gasteiger partial charge in [0.2, 0.25) is 5.82 Å². The minimum Gasteiger partial charge on any atom is -0.434 e. The zero-order chi connectivity index (χ0) is 18.4. The molecule has 0 amide bonds. The molecule has 0 aliphatic rings. The first-order valence-corrected chi connectivity index (χ1v) is 8.06. The number of aryl methyl sites for hydroxylation is 1. The molecule has 0 bridgehead atoms. The van der Waals surface area contributed by atoms with Gasteiger partial charge in [0.1, 0.15) is 12.1 Å². The van der Waals surface area contributed by atoms with Crippen LogP contribution in [0.5, 0.6) is 11.6 Å². The van der Waals surface area contributed by atoms with Crippen LogP contribution in [0.1, 0.15) is 18.1 Å². The highest BCUT2D eigenvalue weighted by Crippen LogP contribution is 2.34. The second-order valence-corrected chi connectivity index (χ2v) is 5.45. The van der Waals surface area contributed by atoms with E-state index < -0.39 is 4.92 Å². The molecular weight excluding hydrogens is 334 g/mol. The van der Waals surface area contributed by atoms with Crippen molar-refractivity contribution in [3.05, 3.63) is 76.4 Å². The molecule has 2 aromatic heterocycles. The Labute approximate surface area is 150 Å². The minimum absolute atomic E-state index is 0.0917. The van der Waals surface area contributed by atoms with E-state index in [4.69, 9.17) is 4.74 Å².